The van der Waals surface area contributed by atoms with Crippen LogP contribution >= 0.6 is 0 Å². The summed E-state index contributed by atoms with van der Waals surface area (Å²) in [5.74, 6) is -1.80. The van der Waals surface area contributed by atoms with Gasteiger partial charge >= 0.3 is 13.1 Å². The molecule has 0 aliphatic heterocycles. The van der Waals surface area contributed by atoms with Crippen molar-refractivity contribution in [2.24, 2.45) is 0 Å². The second kappa shape index (κ2) is 6.16. The summed E-state index contributed by atoms with van der Waals surface area (Å²) in [4.78, 5) is 14.2. The van der Waals surface area contributed by atoms with Crippen LogP contribution in [0, 0.1) is 5.95 Å². The van der Waals surface area contributed by atoms with Crippen molar-refractivity contribution in [3.05, 3.63) is 18.1 Å². The van der Waals surface area contributed by atoms with Gasteiger partial charge in [-0.2, -0.15) is 9.37 Å². The van der Waals surface area contributed by atoms with Gasteiger partial charge in [-0.1, -0.05) is 6.07 Å². The molecule has 0 saturated carbocycles. The fraction of sp³-hybridized carbons (Fsp3) is 0.333. The van der Waals surface area contributed by atoms with E-state index in [0.717, 1.165) is 6.07 Å². The van der Waals surface area contributed by atoms with Gasteiger partial charge in [0, 0.05) is 11.5 Å². The van der Waals surface area contributed by atoms with Crippen LogP contribution in [0.15, 0.2) is 12.1 Å². The number of hydrogen-bond acceptors (Lipinski definition) is 6. The molecule has 0 aromatic carbocycles. The molecule has 0 unspecified atom stereocenters. The smallest absolute Gasteiger partial charge is 0.466 e. The van der Waals surface area contributed by atoms with E-state index >= 15 is 0 Å². The summed E-state index contributed by atoms with van der Waals surface area (Å²) in [5, 5.41) is 17.5. The van der Waals surface area contributed by atoms with Gasteiger partial charge in [0.25, 0.3) is 0 Å². The minimum absolute atomic E-state index is 0.139. The predicted octanol–water partition coefficient (Wildman–Crippen LogP) is -1.16. The molecular formula is C9H11BFNO5. The van der Waals surface area contributed by atoms with Crippen molar-refractivity contribution in [2.45, 2.75) is 6.92 Å². The molecule has 0 bridgehead atoms. The maximum absolute atomic E-state index is 13.1. The zero-order valence-corrected chi connectivity index (χ0v) is 9.09. The fourth-order valence-electron chi connectivity index (χ4n) is 1.04. The number of esters is 1. The third-order valence-electron chi connectivity index (χ3n) is 1.77. The Labute approximate surface area is 97.1 Å². The molecule has 1 aromatic heterocycles. The van der Waals surface area contributed by atoms with Crippen molar-refractivity contribution in [1.82, 2.24) is 4.98 Å². The van der Waals surface area contributed by atoms with E-state index in [-0.39, 0.29) is 24.6 Å². The highest BCUT2D eigenvalue weighted by Crippen LogP contribution is 2.05. The van der Waals surface area contributed by atoms with E-state index in [1.807, 2.05) is 0 Å². The van der Waals surface area contributed by atoms with E-state index in [9.17, 15) is 9.18 Å². The summed E-state index contributed by atoms with van der Waals surface area (Å²) < 4.78 is 22.6. The first-order valence-electron chi connectivity index (χ1n) is 4.85. The number of rotatable bonds is 5. The first kappa shape index (κ1) is 13.4. The Balaban J connectivity index is 2.62. The Hall–Kier alpha value is -1.67. The summed E-state index contributed by atoms with van der Waals surface area (Å²) in [6.07, 6.45) is 0. The highest BCUT2D eigenvalue weighted by Gasteiger charge is 2.18. The van der Waals surface area contributed by atoms with Gasteiger partial charge < -0.3 is 19.5 Å². The van der Waals surface area contributed by atoms with Crippen LogP contribution in [-0.4, -0.2) is 41.3 Å². The maximum Gasteiger partial charge on any atom is 0.493 e. The van der Waals surface area contributed by atoms with Crippen LogP contribution in [0.1, 0.15) is 6.92 Å². The van der Waals surface area contributed by atoms with Gasteiger partial charge in [0.15, 0.2) is 6.61 Å². The summed E-state index contributed by atoms with van der Waals surface area (Å²) in [6.45, 7) is 1.48. The molecule has 1 aromatic rings. The first-order valence-corrected chi connectivity index (χ1v) is 4.85. The number of carbonyl (C=O) groups is 1. The van der Waals surface area contributed by atoms with Gasteiger partial charge in [0.2, 0.25) is 11.8 Å². The number of halogens is 1. The van der Waals surface area contributed by atoms with Crippen LogP contribution in [0.5, 0.6) is 5.88 Å². The standard InChI is InChI=1S/C9H11BFNO5/c1-2-16-8(13)5-17-7-4-3-6(10(14)15)9(11)12-7/h3-4,14-15H,2,5H2,1H3. The molecule has 0 spiro atoms. The normalized spacial score (nSPS) is 9.88. The molecule has 8 heteroatoms. The lowest BCUT2D eigenvalue weighted by Crippen LogP contribution is -2.33. The lowest BCUT2D eigenvalue weighted by molar-refractivity contribution is -0.145. The molecule has 0 saturated heterocycles. The third kappa shape index (κ3) is 4.01. The first-order chi connectivity index (χ1) is 8.04. The number of nitrogens with zero attached hydrogens (tertiary/aromatic N) is 1. The Bertz CT molecular complexity index is 401. The molecule has 0 radical (unpaired) electrons. The molecule has 0 amide bonds. The minimum atomic E-state index is -1.94. The zero-order chi connectivity index (χ0) is 12.8. The van der Waals surface area contributed by atoms with Crippen LogP contribution in [0.3, 0.4) is 0 Å². The summed E-state index contributed by atoms with van der Waals surface area (Å²) in [6, 6.07) is 2.32. The van der Waals surface area contributed by atoms with Crippen molar-refractivity contribution in [3.63, 3.8) is 0 Å². The number of aromatic nitrogens is 1. The van der Waals surface area contributed by atoms with Gasteiger partial charge in [0.1, 0.15) is 0 Å². The van der Waals surface area contributed by atoms with Crippen molar-refractivity contribution in [3.8, 4) is 5.88 Å². The van der Waals surface area contributed by atoms with Gasteiger partial charge in [-0.25, -0.2) is 4.79 Å². The lowest BCUT2D eigenvalue weighted by Gasteiger charge is -2.06. The fourth-order valence-corrected chi connectivity index (χ4v) is 1.04. The Kier molecular flexibility index (Phi) is 4.86. The summed E-state index contributed by atoms with van der Waals surface area (Å²) in [5.41, 5.74) is -0.367. The van der Waals surface area contributed by atoms with Crippen LogP contribution in [0.2, 0.25) is 0 Å². The van der Waals surface area contributed by atoms with E-state index in [2.05, 4.69) is 9.72 Å². The molecule has 2 N–H and O–H groups in total. The monoisotopic (exact) mass is 243 g/mol. The lowest BCUT2D eigenvalue weighted by atomic mass is 9.81. The van der Waals surface area contributed by atoms with E-state index in [1.54, 1.807) is 6.92 Å². The Morgan fingerprint density at radius 2 is 2.24 bits per heavy atom. The summed E-state index contributed by atoms with van der Waals surface area (Å²) in [7, 11) is -1.94. The van der Waals surface area contributed by atoms with Crippen LogP contribution in [-0.2, 0) is 9.53 Å². The van der Waals surface area contributed by atoms with Crippen LogP contribution in [0.4, 0.5) is 4.39 Å². The molecule has 6 nitrogen and oxygen atoms in total. The topological polar surface area (TPSA) is 88.9 Å². The molecule has 0 aliphatic carbocycles. The SMILES string of the molecule is CCOC(=O)COc1ccc(B(O)O)c(F)n1. The average Bonchev–Trinajstić information content (AvgIpc) is 2.26. The number of carbonyl (C=O) groups excluding carboxylic acids is 1. The van der Waals surface area contributed by atoms with Gasteiger partial charge in [0.05, 0.1) is 6.61 Å². The Morgan fingerprint density at radius 3 is 2.76 bits per heavy atom. The molecule has 1 rings (SSSR count). The second-order valence-corrected chi connectivity index (χ2v) is 3.00. The predicted molar refractivity (Wildman–Crippen MR) is 56.1 cm³/mol. The van der Waals surface area contributed by atoms with E-state index in [1.165, 1.54) is 6.07 Å². The quantitative estimate of drug-likeness (QED) is 0.385. The molecule has 92 valence electrons. The van der Waals surface area contributed by atoms with Crippen molar-refractivity contribution in [1.29, 1.82) is 0 Å². The van der Waals surface area contributed by atoms with E-state index in [0.29, 0.717) is 0 Å². The molecule has 1 heterocycles. The Morgan fingerprint density at radius 1 is 1.53 bits per heavy atom. The number of pyridine rings is 1. The highest BCUT2D eigenvalue weighted by molar-refractivity contribution is 6.58. The van der Waals surface area contributed by atoms with Crippen LogP contribution < -0.4 is 10.2 Å². The van der Waals surface area contributed by atoms with Gasteiger partial charge in [-0.3, -0.25) is 0 Å². The number of hydrogen-bond donors (Lipinski definition) is 2. The molecule has 0 fully saturated rings. The summed E-state index contributed by atoms with van der Waals surface area (Å²) >= 11 is 0. The molecule has 17 heavy (non-hydrogen) atoms. The van der Waals surface area contributed by atoms with Crippen molar-refractivity contribution in [2.75, 3.05) is 13.2 Å². The molecule has 0 atom stereocenters. The van der Waals surface area contributed by atoms with Crippen molar-refractivity contribution >= 4 is 18.6 Å². The molecular weight excluding hydrogens is 232 g/mol. The van der Waals surface area contributed by atoms with Crippen LogP contribution in [0.25, 0.3) is 0 Å². The highest BCUT2D eigenvalue weighted by atomic mass is 19.1. The van der Waals surface area contributed by atoms with Crippen molar-refractivity contribution < 1.29 is 28.7 Å². The minimum Gasteiger partial charge on any atom is -0.466 e. The third-order valence-corrected chi connectivity index (χ3v) is 1.77. The average molecular weight is 243 g/mol. The number of ether oxygens (including phenoxy) is 2. The largest absolute Gasteiger partial charge is 0.493 e. The van der Waals surface area contributed by atoms with E-state index in [4.69, 9.17) is 14.8 Å². The second-order valence-electron chi connectivity index (χ2n) is 3.00. The molecule has 0 aliphatic rings. The van der Waals surface area contributed by atoms with Gasteiger partial charge in [-0.15, -0.1) is 0 Å². The van der Waals surface area contributed by atoms with Gasteiger partial charge in [-0.05, 0) is 6.92 Å². The van der Waals surface area contributed by atoms with E-state index < -0.39 is 19.0 Å². The maximum atomic E-state index is 13.1. The zero-order valence-electron chi connectivity index (χ0n) is 9.09.